The van der Waals surface area contributed by atoms with Gasteiger partial charge >= 0.3 is 0 Å². The zero-order chi connectivity index (χ0) is 23.4. The number of hydrogen-bond acceptors (Lipinski definition) is 4. The normalized spacial score (nSPS) is 13.5. The molecular formula is C27H28N4O2. The summed E-state index contributed by atoms with van der Waals surface area (Å²) in [5, 5.41) is 10.9. The highest BCUT2D eigenvalue weighted by atomic mass is 16.5. The van der Waals surface area contributed by atoms with Gasteiger partial charge in [0.1, 0.15) is 11.6 Å². The van der Waals surface area contributed by atoms with Crippen LogP contribution in [-0.2, 0) is 4.79 Å². The van der Waals surface area contributed by atoms with Gasteiger partial charge in [0, 0.05) is 22.5 Å². The molecule has 0 heterocycles. The molecule has 1 amide bonds. The summed E-state index contributed by atoms with van der Waals surface area (Å²) < 4.78 is 6.10. The Morgan fingerprint density at radius 3 is 2.24 bits per heavy atom. The Hall–Kier alpha value is -4.06. The predicted octanol–water partition coefficient (Wildman–Crippen LogP) is 5.33. The number of amidine groups is 1. The second-order valence-corrected chi connectivity index (χ2v) is 8.19. The van der Waals surface area contributed by atoms with Crippen LogP contribution in [0.4, 0.5) is 11.4 Å². The molecule has 0 aliphatic heterocycles. The van der Waals surface area contributed by atoms with E-state index in [1.54, 1.807) is 6.07 Å². The number of nitrogen functional groups attached to an aromatic ring is 2. The van der Waals surface area contributed by atoms with E-state index in [4.69, 9.17) is 21.6 Å². The first-order valence-electron chi connectivity index (χ1n) is 11.0. The number of amides is 1. The Morgan fingerprint density at radius 1 is 1.00 bits per heavy atom. The number of carbonyl (C=O) groups is 1. The molecular weight excluding hydrogens is 412 g/mol. The van der Waals surface area contributed by atoms with E-state index < -0.39 is 0 Å². The van der Waals surface area contributed by atoms with Gasteiger partial charge in [-0.25, -0.2) is 0 Å². The monoisotopic (exact) mass is 440 g/mol. The van der Waals surface area contributed by atoms with E-state index in [0.717, 1.165) is 40.8 Å². The van der Waals surface area contributed by atoms with Gasteiger partial charge in [-0.1, -0.05) is 36.9 Å². The van der Waals surface area contributed by atoms with Gasteiger partial charge in [-0.2, -0.15) is 0 Å². The maximum Gasteiger partial charge on any atom is 0.247 e. The van der Waals surface area contributed by atoms with Crippen LogP contribution in [-0.4, -0.2) is 17.8 Å². The first-order chi connectivity index (χ1) is 16.0. The highest BCUT2D eigenvalue weighted by molar-refractivity contribution is 6.09. The van der Waals surface area contributed by atoms with E-state index in [1.165, 1.54) is 18.9 Å². The quantitative estimate of drug-likeness (QED) is 0.172. The Balaban J connectivity index is 1.73. The molecule has 1 fully saturated rings. The van der Waals surface area contributed by atoms with Crippen molar-refractivity contribution in [1.29, 1.82) is 5.41 Å². The van der Waals surface area contributed by atoms with E-state index in [2.05, 4.69) is 11.9 Å². The second kappa shape index (κ2) is 9.61. The van der Waals surface area contributed by atoms with E-state index >= 15 is 0 Å². The molecule has 1 aliphatic carbocycles. The molecule has 33 heavy (non-hydrogen) atoms. The SMILES string of the molecule is C=CC(=O)Nc1ccc(-c2ccc(N)c(C(=N)N)c2-c2ccc(OC3CCCC3)cc2)cc1. The van der Waals surface area contributed by atoms with Gasteiger partial charge in [-0.15, -0.1) is 0 Å². The summed E-state index contributed by atoms with van der Waals surface area (Å²) >= 11 is 0. The minimum absolute atomic E-state index is 0.0921. The molecule has 0 bridgehead atoms. The highest BCUT2D eigenvalue weighted by Crippen LogP contribution is 2.39. The standard InChI is InChI=1S/C27H28N4O2/c1-2-24(32)31-19-11-7-17(8-12-19)22-15-16-23(28)26(27(29)30)25(22)18-9-13-21(14-10-18)33-20-5-3-4-6-20/h2,7-16,20H,1,3-6,28H2,(H3,29,30)(H,31,32). The van der Waals surface area contributed by atoms with Crippen molar-refractivity contribution in [3.05, 3.63) is 78.9 Å². The summed E-state index contributed by atoms with van der Waals surface area (Å²) in [7, 11) is 0. The van der Waals surface area contributed by atoms with Crippen molar-refractivity contribution in [2.75, 3.05) is 11.1 Å². The van der Waals surface area contributed by atoms with Crippen molar-refractivity contribution in [2.45, 2.75) is 31.8 Å². The molecule has 0 saturated heterocycles. The van der Waals surface area contributed by atoms with Crippen LogP contribution in [0.25, 0.3) is 22.3 Å². The molecule has 6 nitrogen and oxygen atoms in total. The van der Waals surface area contributed by atoms with Gasteiger partial charge in [-0.05, 0) is 78.8 Å². The molecule has 3 aromatic carbocycles. The Labute approximate surface area is 193 Å². The maximum absolute atomic E-state index is 11.6. The van der Waals surface area contributed by atoms with Crippen LogP contribution in [0.15, 0.2) is 73.3 Å². The van der Waals surface area contributed by atoms with Crippen molar-refractivity contribution in [2.24, 2.45) is 5.73 Å². The molecule has 0 radical (unpaired) electrons. The fourth-order valence-electron chi connectivity index (χ4n) is 4.27. The van der Waals surface area contributed by atoms with Crippen molar-refractivity contribution in [1.82, 2.24) is 0 Å². The van der Waals surface area contributed by atoms with Crippen molar-refractivity contribution in [3.8, 4) is 28.0 Å². The summed E-state index contributed by atoms with van der Waals surface area (Å²) in [5.74, 6) is 0.475. The molecule has 1 saturated carbocycles. The van der Waals surface area contributed by atoms with E-state index in [0.29, 0.717) is 16.9 Å². The molecule has 1 aliphatic rings. The lowest BCUT2D eigenvalue weighted by Gasteiger charge is -2.18. The van der Waals surface area contributed by atoms with Crippen LogP contribution in [0, 0.1) is 5.41 Å². The van der Waals surface area contributed by atoms with Crippen molar-refractivity contribution >= 4 is 23.1 Å². The molecule has 0 aromatic heterocycles. The van der Waals surface area contributed by atoms with Crippen LogP contribution < -0.4 is 21.5 Å². The molecule has 168 valence electrons. The van der Waals surface area contributed by atoms with Gasteiger partial charge in [0.25, 0.3) is 0 Å². The number of benzene rings is 3. The van der Waals surface area contributed by atoms with Crippen LogP contribution in [0.3, 0.4) is 0 Å². The first kappa shape index (κ1) is 22.1. The molecule has 0 spiro atoms. The number of nitrogens with two attached hydrogens (primary N) is 2. The molecule has 3 aromatic rings. The summed E-state index contributed by atoms with van der Waals surface area (Å²) in [6.07, 6.45) is 6.13. The zero-order valence-electron chi connectivity index (χ0n) is 18.4. The molecule has 0 unspecified atom stereocenters. The lowest BCUT2D eigenvalue weighted by Crippen LogP contribution is -2.16. The van der Waals surface area contributed by atoms with Gasteiger partial charge < -0.3 is 21.5 Å². The maximum atomic E-state index is 11.6. The Kier molecular flexibility index (Phi) is 6.45. The number of hydrogen-bond donors (Lipinski definition) is 4. The van der Waals surface area contributed by atoms with Crippen molar-refractivity contribution < 1.29 is 9.53 Å². The summed E-state index contributed by atoms with van der Waals surface area (Å²) in [6, 6.07) is 19.0. The summed E-state index contributed by atoms with van der Waals surface area (Å²) in [6.45, 7) is 3.47. The summed E-state index contributed by atoms with van der Waals surface area (Å²) in [4.78, 5) is 11.6. The van der Waals surface area contributed by atoms with Gasteiger partial charge in [0.15, 0.2) is 0 Å². The second-order valence-electron chi connectivity index (χ2n) is 8.19. The average molecular weight is 441 g/mol. The third kappa shape index (κ3) is 4.90. The lowest BCUT2D eigenvalue weighted by atomic mass is 9.89. The average Bonchev–Trinajstić information content (AvgIpc) is 3.33. The van der Waals surface area contributed by atoms with Crippen LogP contribution in [0.2, 0.25) is 0 Å². The van der Waals surface area contributed by atoms with Crippen molar-refractivity contribution in [3.63, 3.8) is 0 Å². The number of carbonyl (C=O) groups excluding carboxylic acids is 1. The Morgan fingerprint density at radius 2 is 1.64 bits per heavy atom. The topological polar surface area (TPSA) is 114 Å². The first-order valence-corrected chi connectivity index (χ1v) is 11.0. The van der Waals surface area contributed by atoms with Gasteiger partial charge in [0.2, 0.25) is 5.91 Å². The van der Waals surface area contributed by atoms with Gasteiger partial charge in [-0.3, -0.25) is 10.2 Å². The third-order valence-electron chi connectivity index (χ3n) is 5.90. The molecule has 0 atom stereocenters. The largest absolute Gasteiger partial charge is 0.490 e. The minimum atomic E-state index is -0.269. The van der Waals surface area contributed by atoms with Crippen LogP contribution in [0.5, 0.6) is 5.75 Å². The molecule has 4 rings (SSSR count). The highest BCUT2D eigenvalue weighted by Gasteiger charge is 2.19. The van der Waals surface area contributed by atoms with E-state index in [1.807, 2.05) is 54.6 Å². The Bertz CT molecular complexity index is 1180. The van der Waals surface area contributed by atoms with Crippen LogP contribution >= 0.6 is 0 Å². The lowest BCUT2D eigenvalue weighted by molar-refractivity contribution is -0.111. The smallest absolute Gasteiger partial charge is 0.247 e. The van der Waals surface area contributed by atoms with E-state index in [-0.39, 0.29) is 17.8 Å². The molecule has 6 N–H and O–H groups in total. The number of nitrogens with one attached hydrogen (secondary N) is 2. The third-order valence-corrected chi connectivity index (χ3v) is 5.90. The van der Waals surface area contributed by atoms with E-state index in [9.17, 15) is 4.79 Å². The number of rotatable bonds is 7. The zero-order valence-corrected chi connectivity index (χ0v) is 18.4. The minimum Gasteiger partial charge on any atom is -0.490 e. The predicted molar refractivity (Wildman–Crippen MR) is 134 cm³/mol. The number of anilines is 2. The summed E-state index contributed by atoms with van der Waals surface area (Å²) in [5.41, 5.74) is 17.3. The fraction of sp³-hybridized carbons (Fsp3) is 0.185. The number of ether oxygens (including phenoxy) is 1. The molecule has 6 heteroatoms. The van der Waals surface area contributed by atoms with Gasteiger partial charge in [0.05, 0.1) is 6.10 Å². The van der Waals surface area contributed by atoms with Crippen LogP contribution in [0.1, 0.15) is 31.2 Å². The fourth-order valence-corrected chi connectivity index (χ4v) is 4.27.